The fraction of sp³-hybridized carbons (Fsp3) is 0.294. The minimum absolute atomic E-state index is 0.0758. The van der Waals surface area contributed by atoms with E-state index in [1.165, 1.54) is 11.8 Å². The highest BCUT2D eigenvalue weighted by atomic mass is 32.2. The zero-order chi connectivity index (χ0) is 16.2. The Morgan fingerprint density at radius 2 is 1.91 bits per heavy atom. The maximum Gasteiger partial charge on any atom is 0.289 e. The number of nitrogens with zero attached hydrogens (tertiary/aromatic N) is 2. The maximum absolute atomic E-state index is 12.2. The molecule has 0 bridgehead atoms. The van der Waals surface area contributed by atoms with Crippen molar-refractivity contribution in [3.63, 3.8) is 0 Å². The van der Waals surface area contributed by atoms with E-state index in [2.05, 4.69) is 4.98 Å². The molecule has 0 unspecified atom stereocenters. The first-order valence-electron chi connectivity index (χ1n) is 7.57. The van der Waals surface area contributed by atoms with Crippen LogP contribution in [0.5, 0.6) is 0 Å². The summed E-state index contributed by atoms with van der Waals surface area (Å²) in [6.07, 6.45) is 0. The number of para-hydroxylation sites is 2. The lowest BCUT2D eigenvalue weighted by atomic mass is 10.3. The molecule has 0 spiro atoms. The van der Waals surface area contributed by atoms with Crippen molar-refractivity contribution < 1.29 is 13.6 Å². The first-order chi connectivity index (χ1) is 11.2. The van der Waals surface area contributed by atoms with Gasteiger partial charge in [0.1, 0.15) is 11.3 Å². The van der Waals surface area contributed by atoms with Gasteiger partial charge in [-0.05, 0) is 38.1 Å². The number of aromatic nitrogens is 1. The lowest BCUT2D eigenvalue weighted by Crippen LogP contribution is -2.30. The SMILES string of the molecule is CCN(CC)C(=O)c1ccc(CSc2nc3ccccc3o2)o1. The molecule has 0 saturated carbocycles. The summed E-state index contributed by atoms with van der Waals surface area (Å²) in [5.41, 5.74) is 1.61. The zero-order valence-corrected chi connectivity index (χ0v) is 13.9. The summed E-state index contributed by atoms with van der Waals surface area (Å²) in [5.74, 6) is 1.60. The Labute approximate surface area is 138 Å². The second-order valence-corrected chi connectivity index (χ2v) is 5.91. The van der Waals surface area contributed by atoms with Gasteiger partial charge in [0.05, 0.1) is 5.75 Å². The number of carbonyl (C=O) groups excluding carboxylic acids is 1. The topological polar surface area (TPSA) is 59.5 Å². The van der Waals surface area contributed by atoms with E-state index in [-0.39, 0.29) is 5.91 Å². The maximum atomic E-state index is 12.2. The highest BCUT2D eigenvalue weighted by Gasteiger charge is 2.17. The molecule has 6 heteroatoms. The van der Waals surface area contributed by atoms with Crippen LogP contribution < -0.4 is 0 Å². The van der Waals surface area contributed by atoms with Crippen molar-refractivity contribution >= 4 is 28.8 Å². The molecule has 0 fully saturated rings. The Bertz CT molecular complexity index is 772. The molecular formula is C17H18N2O3S. The van der Waals surface area contributed by atoms with E-state index in [0.717, 1.165) is 16.9 Å². The number of rotatable bonds is 6. The minimum Gasteiger partial charge on any atom is -0.455 e. The van der Waals surface area contributed by atoms with Crippen LogP contribution in [0.3, 0.4) is 0 Å². The lowest BCUT2D eigenvalue weighted by molar-refractivity contribution is 0.0739. The second kappa shape index (κ2) is 6.91. The quantitative estimate of drug-likeness (QED) is 0.634. The van der Waals surface area contributed by atoms with Crippen molar-refractivity contribution in [2.45, 2.75) is 24.8 Å². The largest absolute Gasteiger partial charge is 0.455 e. The number of furan rings is 1. The van der Waals surface area contributed by atoms with Crippen molar-refractivity contribution in [2.24, 2.45) is 0 Å². The molecule has 0 aliphatic carbocycles. The van der Waals surface area contributed by atoms with Gasteiger partial charge in [0, 0.05) is 13.1 Å². The van der Waals surface area contributed by atoms with Gasteiger partial charge in [-0.2, -0.15) is 0 Å². The summed E-state index contributed by atoms with van der Waals surface area (Å²) in [6.45, 7) is 5.24. The van der Waals surface area contributed by atoms with Crippen molar-refractivity contribution in [1.29, 1.82) is 0 Å². The van der Waals surface area contributed by atoms with Crippen molar-refractivity contribution in [3.05, 3.63) is 47.9 Å². The van der Waals surface area contributed by atoms with E-state index in [0.29, 0.717) is 29.8 Å². The monoisotopic (exact) mass is 330 g/mol. The van der Waals surface area contributed by atoms with Crippen LogP contribution in [0.1, 0.15) is 30.2 Å². The fourth-order valence-corrected chi connectivity index (χ4v) is 3.02. The summed E-state index contributed by atoms with van der Waals surface area (Å²) in [6, 6.07) is 11.2. The van der Waals surface area contributed by atoms with Gasteiger partial charge in [-0.15, -0.1) is 0 Å². The molecular weight excluding hydrogens is 312 g/mol. The number of fused-ring (bicyclic) bond motifs is 1. The predicted octanol–water partition coefficient (Wildman–Crippen LogP) is 4.20. The van der Waals surface area contributed by atoms with Crippen LogP contribution in [0, 0.1) is 0 Å². The zero-order valence-electron chi connectivity index (χ0n) is 13.1. The Morgan fingerprint density at radius 1 is 1.13 bits per heavy atom. The van der Waals surface area contributed by atoms with Gasteiger partial charge in [-0.25, -0.2) is 4.98 Å². The van der Waals surface area contributed by atoms with E-state index in [9.17, 15) is 4.79 Å². The third-order valence-electron chi connectivity index (χ3n) is 3.54. The Balaban J connectivity index is 1.66. The minimum atomic E-state index is -0.0758. The third-order valence-corrected chi connectivity index (χ3v) is 4.39. The fourth-order valence-electron chi connectivity index (χ4n) is 2.28. The summed E-state index contributed by atoms with van der Waals surface area (Å²) < 4.78 is 11.3. The van der Waals surface area contributed by atoms with E-state index in [4.69, 9.17) is 8.83 Å². The summed E-state index contributed by atoms with van der Waals surface area (Å²) in [4.78, 5) is 18.3. The summed E-state index contributed by atoms with van der Waals surface area (Å²) in [7, 11) is 0. The van der Waals surface area contributed by atoms with E-state index in [1.807, 2.05) is 44.2 Å². The molecule has 0 saturated heterocycles. The van der Waals surface area contributed by atoms with Crippen LogP contribution in [0.2, 0.25) is 0 Å². The van der Waals surface area contributed by atoms with Gasteiger partial charge in [0.15, 0.2) is 11.3 Å². The molecule has 5 nitrogen and oxygen atoms in total. The average molecular weight is 330 g/mol. The van der Waals surface area contributed by atoms with Crippen molar-refractivity contribution in [2.75, 3.05) is 13.1 Å². The molecule has 3 rings (SSSR count). The molecule has 120 valence electrons. The second-order valence-electron chi connectivity index (χ2n) is 4.98. The average Bonchev–Trinajstić information content (AvgIpc) is 3.20. The summed E-state index contributed by atoms with van der Waals surface area (Å²) in [5, 5.41) is 0.596. The van der Waals surface area contributed by atoms with Crippen LogP contribution in [-0.2, 0) is 5.75 Å². The predicted molar refractivity (Wildman–Crippen MR) is 89.5 cm³/mol. The number of hydrogen-bond donors (Lipinski definition) is 0. The number of hydrogen-bond acceptors (Lipinski definition) is 5. The van der Waals surface area contributed by atoms with Crippen LogP contribution in [0.25, 0.3) is 11.1 Å². The highest BCUT2D eigenvalue weighted by molar-refractivity contribution is 7.98. The van der Waals surface area contributed by atoms with Crippen LogP contribution in [0.4, 0.5) is 0 Å². The van der Waals surface area contributed by atoms with Gasteiger partial charge < -0.3 is 13.7 Å². The molecule has 1 amide bonds. The molecule has 0 radical (unpaired) electrons. The van der Waals surface area contributed by atoms with E-state index < -0.39 is 0 Å². The molecule has 0 atom stereocenters. The third kappa shape index (κ3) is 3.42. The van der Waals surface area contributed by atoms with Gasteiger partial charge >= 0.3 is 0 Å². The Hall–Kier alpha value is -2.21. The lowest BCUT2D eigenvalue weighted by Gasteiger charge is -2.16. The molecule has 0 N–H and O–H groups in total. The Kier molecular flexibility index (Phi) is 4.71. The van der Waals surface area contributed by atoms with E-state index in [1.54, 1.807) is 11.0 Å². The van der Waals surface area contributed by atoms with Gasteiger partial charge in [-0.3, -0.25) is 4.79 Å². The number of oxazole rings is 1. The summed E-state index contributed by atoms with van der Waals surface area (Å²) >= 11 is 1.45. The van der Waals surface area contributed by atoms with Crippen molar-refractivity contribution in [1.82, 2.24) is 9.88 Å². The van der Waals surface area contributed by atoms with Gasteiger partial charge in [-0.1, -0.05) is 23.9 Å². The highest BCUT2D eigenvalue weighted by Crippen LogP contribution is 2.26. The number of carbonyl (C=O) groups is 1. The number of amides is 1. The number of thioether (sulfide) groups is 1. The smallest absolute Gasteiger partial charge is 0.289 e. The molecule has 1 aromatic carbocycles. The molecule has 23 heavy (non-hydrogen) atoms. The number of benzene rings is 1. The molecule has 0 aliphatic rings. The van der Waals surface area contributed by atoms with E-state index >= 15 is 0 Å². The van der Waals surface area contributed by atoms with Crippen LogP contribution >= 0.6 is 11.8 Å². The first-order valence-corrected chi connectivity index (χ1v) is 8.56. The van der Waals surface area contributed by atoms with Crippen molar-refractivity contribution in [3.8, 4) is 0 Å². The molecule has 0 aliphatic heterocycles. The molecule has 2 aromatic heterocycles. The van der Waals surface area contributed by atoms with Gasteiger partial charge in [0.25, 0.3) is 11.1 Å². The van der Waals surface area contributed by atoms with Gasteiger partial charge in [0.2, 0.25) is 0 Å². The molecule has 2 heterocycles. The Morgan fingerprint density at radius 3 is 2.65 bits per heavy atom. The van der Waals surface area contributed by atoms with Crippen LogP contribution in [0.15, 0.2) is 50.5 Å². The normalized spacial score (nSPS) is 11.0. The standard InChI is InChI=1S/C17H18N2O3S/c1-3-19(4-2)16(20)15-10-9-12(21-15)11-23-17-18-13-7-5-6-8-14(13)22-17/h5-10H,3-4,11H2,1-2H3. The first kappa shape index (κ1) is 15.7. The van der Waals surface area contributed by atoms with Crippen LogP contribution in [-0.4, -0.2) is 28.9 Å². The molecule has 3 aromatic rings.